The van der Waals surface area contributed by atoms with Crippen LogP contribution in [0.4, 0.5) is 0 Å². The Bertz CT molecular complexity index is 594. The lowest BCUT2D eigenvalue weighted by molar-refractivity contribution is 0.390. The van der Waals surface area contributed by atoms with E-state index in [9.17, 15) is 8.42 Å². The van der Waals surface area contributed by atoms with Crippen LogP contribution in [0.1, 0.15) is 43.2 Å². The van der Waals surface area contributed by atoms with Crippen LogP contribution in [0.2, 0.25) is 0 Å². The summed E-state index contributed by atoms with van der Waals surface area (Å²) in [7, 11) is -1.24. The maximum absolute atomic E-state index is 12.8. The normalized spacial score (nSPS) is 26.4. The van der Waals surface area contributed by atoms with E-state index >= 15 is 0 Å². The van der Waals surface area contributed by atoms with Crippen LogP contribution in [0.15, 0.2) is 23.1 Å². The summed E-state index contributed by atoms with van der Waals surface area (Å²) in [5.74, 6) is 0. The smallest absolute Gasteiger partial charge is 0.181 e. The molecule has 1 aromatic rings. The summed E-state index contributed by atoms with van der Waals surface area (Å²) in [5.41, 5.74) is 2.58. The molecule has 2 unspecified atom stereocenters. The van der Waals surface area contributed by atoms with Gasteiger partial charge in [0, 0.05) is 6.04 Å². The SMILES string of the molecule is CNC1CCCC(S(=O)(=O)c2ccc3c(c2)CCC3)C1. The van der Waals surface area contributed by atoms with Gasteiger partial charge in [0.05, 0.1) is 10.1 Å². The predicted octanol–water partition coefficient (Wildman–Crippen LogP) is 2.48. The van der Waals surface area contributed by atoms with Crippen LogP contribution in [0, 0.1) is 0 Å². The lowest BCUT2D eigenvalue weighted by Crippen LogP contribution is -2.37. The van der Waals surface area contributed by atoms with Gasteiger partial charge in [-0.2, -0.15) is 0 Å². The lowest BCUT2D eigenvalue weighted by Gasteiger charge is -2.28. The first-order valence-electron chi connectivity index (χ1n) is 7.64. The molecule has 2 aliphatic carbocycles. The van der Waals surface area contributed by atoms with E-state index < -0.39 is 9.84 Å². The summed E-state index contributed by atoms with van der Waals surface area (Å²) in [4.78, 5) is 0.542. The van der Waals surface area contributed by atoms with Crippen molar-refractivity contribution >= 4 is 9.84 Å². The average molecular weight is 293 g/mol. The highest BCUT2D eigenvalue weighted by molar-refractivity contribution is 7.92. The van der Waals surface area contributed by atoms with Gasteiger partial charge in [0.15, 0.2) is 9.84 Å². The largest absolute Gasteiger partial charge is 0.317 e. The molecule has 4 heteroatoms. The Morgan fingerprint density at radius 2 is 1.90 bits per heavy atom. The molecule has 1 N–H and O–H groups in total. The quantitative estimate of drug-likeness (QED) is 0.931. The third-order valence-electron chi connectivity index (χ3n) is 4.87. The molecule has 0 amide bonds. The minimum Gasteiger partial charge on any atom is -0.317 e. The zero-order valence-corrected chi connectivity index (χ0v) is 12.9. The molecule has 0 bridgehead atoms. The second-order valence-corrected chi connectivity index (χ2v) is 8.33. The maximum Gasteiger partial charge on any atom is 0.181 e. The molecule has 20 heavy (non-hydrogen) atoms. The highest BCUT2D eigenvalue weighted by Crippen LogP contribution is 2.31. The van der Waals surface area contributed by atoms with Crippen LogP contribution in [-0.4, -0.2) is 26.8 Å². The van der Waals surface area contributed by atoms with E-state index in [2.05, 4.69) is 5.32 Å². The van der Waals surface area contributed by atoms with Crippen LogP contribution in [0.3, 0.4) is 0 Å². The Balaban J connectivity index is 1.87. The molecule has 2 atom stereocenters. The highest BCUT2D eigenvalue weighted by atomic mass is 32.2. The van der Waals surface area contributed by atoms with E-state index in [0.717, 1.165) is 44.9 Å². The van der Waals surface area contributed by atoms with Crippen LogP contribution >= 0.6 is 0 Å². The second-order valence-electron chi connectivity index (χ2n) is 6.10. The Hall–Kier alpha value is -0.870. The van der Waals surface area contributed by atoms with Crippen molar-refractivity contribution in [3.63, 3.8) is 0 Å². The molecule has 0 saturated heterocycles. The molecule has 0 aliphatic heterocycles. The third kappa shape index (κ3) is 2.51. The summed E-state index contributed by atoms with van der Waals surface area (Å²) in [6, 6.07) is 6.12. The molecular formula is C16H23NO2S. The van der Waals surface area contributed by atoms with E-state index in [-0.39, 0.29) is 5.25 Å². The van der Waals surface area contributed by atoms with Gasteiger partial charge in [-0.05, 0) is 68.8 Å². The molecule has 3 rings (SSSR count). The van der Waals surface area contributed by atoms with E-state index in [1.165, 1.54) is 11.1 Å². The van der Waals surface area contributed by atoms with Crippen molar-refractivity contribution in [1.29, 1.82) is 0 Å². The standard InChI is InChI=1S/C16H23NO2S/c1-17-14-6-3-7-15(11-14)20(18,19)16-9-8-12-4-2-5-13(12)10-16/h8-10,14-15,17H,2-7,11H2,1H3. The molecule has 0 radical (unpaired) electrons. The van der Waals surface area contributed by atoms with Gasteiger partial charge in [-0.1, -0.05) is 12.5 Å². The predicted molar refractivity (Wildman–Crippen MR) is 80.8 cm³/mol. The first kappa shape index (κ1) is 14.1. The van der Waals surface area contributed by atoms with Gasteiger partial charge in [-0.25, -0.2) is 8.42 Å². The Labute approximate surface area is 121 Å². The molecule has 110 valence electrons. The monoisotopic (exact) mass is 293 g/mol. The van der Waals surface area contributed by atoms with Gasteiger partial charge >= 0.3 is 0 Å². The second kappa shape index (κ2) is 5.49. The van der Waals surface area contributed by atoms with Gasteiger partial charge in [-0.3, -0.25) is 0 Å². The lowest BCUT2D eigenvalue weighted by atomic mass is 9.95. The summed E-state index contributed by atoms with van der Waals surface area (Å²) < 4.78 is 25.6. The topological polar surface area (TPSA) is 46.2 Å². The van der Waals surface area contributed by atoms with Gasteiger partial charge in [0.25, 0.3) is 0 Å². The number of sulfone groups is 1. The molecular weight excluding hydrogens is 270 g/mol. The van der Waals surface area contributed by atoms with E-state index in [0.29, 0.717) is 10.9 Å². The molecule has 0 spiro atoms. The number of hydrogen-bond acceptors (Lipinski definition) is 3. The molecule has 0 heterocycles. The summed E-state index contributed by atoms with van der Waals surface area (Å²) in [6.07, 6.45) is 6.92. The fraction of sp³-hybridized carbons (Fsp3) is 0.625. The number of fused-ring (bicyclic) bond motifs is 1. The van der Waals surface area contributed by atoms with Crippen molar-refractivity contribution in [1.82, 2.24) is 5.32 Å². The minimum absolute atomic E-state index is 0.215. The third-order valence-corrected chi connectivity index (χ3v) is 7.09. The van der Waals surface area contributed by atoms with Crippen molar-refractivity contribution in [2.45, 2.75) is 61.1 Å². The average Bonchev–Trinajstić information content (AvgIpc) is 2.94. The Morgan fingerprint density at radius 3 is 2.70 bits per heavy atom. The van der Waals surface area contributed by atoms with E-state index in [4.69, 9.17) is 0 Å². The van der Waals surface area contributed by atoms with Crippen LogP contribution in [-0.2, 0) is 22.7 Å². The van der Waals surface area contributed by atoms with Gasteiger partial charge < -0.3 is 5.32 Å². The molecule has 1 aromatic carbocycles. The van der Waals surface area contributed by atoms with Crippen LogP contribution in [0.25, 0.3) is 0 Å². The minimum atomic E-state index is -3.17. The number of benzene rings is 1. The fourth-order valence-electron chi connectivity index (χ4n) is 3.61. The Kier molecular flexibility index (Phi) is 3.87. The van der Waals surface area contributed by atoms with Crippen LogP contribution < -0.4 is 5.32 Å². The Morgan fingerprint density at radius 1 is 1.10 bits per heavy atom. The maximum atomic E-state index is 12.8. The van der Waals surface area contributed by atoms with Gasteiger partial charge in [0.1, 0.15) is 0 Å². The van der Waals surface area contributed by atoms with E-state index in [1.54, 1.807) is 0 Å². The van der Waals surface area contributed by atoms with Crippen LogP contribution in [0.5, 0.6) is 0 Å². The van der Waals surface area contributed by atoms with Crippen molar-refractivity contribution in [3.8, 4) is 0 Å². The fourth-order valence-corrected chi connectivity index (χ4v) is 5.52. The zero-order chi connectivity index (χ0) is 14.2. The summed E-state index contributed by atoms with van der Waals surface area (Å²) >= 11 is 0. The van der Waals surface area contributed by atoms with Crippen molar-refractivity contribution in [2.75, 3.05) is 7.05 Å². The summed E-state index contributed by atoms with van der Waals surface area (Å²) in [5, 5.41) is 3.02. The first-order valence-corrected chi connectivity index (χ1v) is 9.19. The number of hydrogen-bond donors (Lipinski definition) is 1. The van der Waals surface area contributed by atoms with Gasteiger partial charge in [0.2, 0.25) is 0 Å². The molecule has 1 saturated carbocycles. The first-order chi connectivity index (χ1) is 9.61. The summed E-state index contributed by atoms with van der Waals surface area (Å²) in [6.45, 7) is 0. The number of rotatable bonds is 3. The van der Waals surface area contributed by atoms with E-state index in [1.807, 2.05) is 25.2 Å². The number of aryl methyl sites for hydroxylation is 2. The number of nitrogens with one attached hydrogen (secondary N) is 1. The van der Waals surface area contributed by atoms with Crippen molar-refractivity contribution < 1.29 is 8.42 Å². The molecule has 0 aromatic heterocycles. The molecule has 3 nitrogen and oxygen atoms in total. The molecule has 2 aliphatic rings. The zero-order valence-electron chi connectivity index (χ0n) is 12.1. The van der Waals surface area contributed by atoms with Gasteiger partial charge in [-0.15, -0.1) is 0 Å². The van der Waals surface area contributed by atoms with Crippen molar-refractivity contribution in [2.24, 2.45) is 0 Å². The highest BCUT2D eigenvalue weighted by Gasteiger charge is 2.32. The molecule has 1 fully saturated rings. The van der Waals surface area contributed by atoms with Crippen molar-refractivity contribution in [3.05, 3.63) is 29.3 Å².